The number of nitrogens with zero attached hydrogens (tertiary/aromatic N) is 2. The van der Waals surface area contributed by atoms with Gasteiger partial charge in [-0.2, -0.15) is 5.10 Å². The van der Waals surface area contributed by atoms with Crippen LogP contribution < -0.4 is 10.1 Å². The molecule has 0 amide bonds. The normalized spacial score (nSPS) is 19.3. The SMILES string of the molecule is Clc1ccccc1Oc1cnn(C2CCCNC2)c1. The molecule has 0 saturated carbocycles. The van der Waals surface area contributed by atoms with Crippen molar-refractivity contribution in [2.75, 3.05) is 13.1 Å². The second-order valence-corrected chi connectivity index (χ2v) is 5.10. The first-order valence-corrected chi connectivity index (χ1v) is 6.88. The van der Waals surface area contributed by atoms with Crippen LogP contribution in [-0.2, 0) is 0 Å². The van der Waals surface area contributed by atoms with Crippen molar-refractivity contribution in [3.8, 4) is 11.5 Å². The van der Waals surface area contributed by atoms with E-state index in [2.05, 4.69) is 10.4 Å². The molecular formula is C14H16ClN3O. The lowest BCUT2D eigenvalue weighted by Crippen LogP contribution is -2.31. The fourth-order valence-corrected chi connectivity index (χ4v) is 2.46. The number of benzene rings is 1. The van der Waals surface area contributed by atoms with E-state index in [1.807, 2.05) is 35.1 Å². The molecule has 2 heterocycles. The van der Waals surface area contributed by atoms with Crippen molar-refractivity contribution in [1.29, 1.82) is 0 Å². The third kappa shape index (κ3) is 2.91. The molecule has 1 aromatic heterocycles. The molecule has 1 fully saturated rings. The minimum Gasteiger partial charge on any atom is -0.452 e. The molecule has 1 N–H and O–H groups in total. The third-order valence-electron chi connectivity index (χ3n) is 3.29. The smallest absolute Gasteiger partial charge is 0.165 e. The highest BCUT2D eigenvalue weighted by Crippen LogP contribution is 2.29. The first-order chi connectivity index (χ1) is 9.33. The van der Waals surface area contributed by atoms with Crippen LogP contribution in [0.25, 0.3) is 0 Å². The molecular weight excluding hydrogens is 262 g/mol. The summed E-state index contributed by atoms with van der Waals surface area (Å²) in [4.78, 5) is 0. The second-order valence-electron chi connectivity index (χ2n) is 4.69. The van der Waals surface area contributed by atoms with E-state index < -0.39 is 0 Å². The van der Waals surface area contributed by atoms with Gasteiger partial charge in [-0.25, -0.2) is 0 Å². The van der Waals surface area contributed by atoms with E-state index >= 15 is 0 Å². The van der Waals surface area contributed by atoms with Gasteiger partial charge in [0.05, 0.1) is 23.5 Å². The van der Waals surface area contributed by atoms with Crippen LogP contribution in [0.4, 0.5) is 0 Å². The zero-order valence-electron chi connectivity index (χ0n) is 10.6. The minimum absolute atomic E-state index is 0.414. The predicted octanol–water partition coefficient (Wildman–Crippen LogP) is 3.25. The molecule has 0 aliphatic carbocycles. The van der Waals surface area contributed by atoms with E-state index in [1.54, 1.807) is 6.20 Å². The lowest BCUT2D eigenvalue weighted by atomic mass is 10.1. The maximum Gasteiger partial charge on any atom is 0.165 e. The van der Waals surface area contributed by atoms with Crippen LogP contribution in [-0.4, -0.2) is 22.9 Å². The fourth-order valence-electron chi connectivity index (χ4n) is 2.29. The summed E-state index contributed by atoms with van der Waals surface area (Å²) in [7, 11) is 0. The summed E-state index contributed by atoms with van der Waals surface area (Å²) in [5.74, 6) is 1.38. The van der Waals surface area contributed by atoms with Gasteiger partial charge in [0.2, 0.25) is 0 Å². The highest BCUT2D eigenvalue weighted by molar-refractivity contribution is 6.32. The van der Waals surface area contributed by atoms with Crippen molar-refractivity contribution in [2.24, 2.45) is 0 Å². The molecule has 1 atom stereocenters. The average molecular weight is 278 g/mol. The quantitative estimate of drug-likeness (QED) is 0.936. The largest absolute Gasteiger partial charge is 0.452 e. The number of halogens is 1. The van der Waals surface area contributed by atoms with Crippen LogP contribution in [0.2, 0.25) is 5.02 Å². The molecule has 0 bridgehead atoms. The number of aromatic nitrogens is 2. The third-order valence-corrected chi connectivity index (χ3v) is 3.60. The van der Waals surface area contributed by atoms with Gasteiger partial charge in [0.25, 0.3) is 0 Å². The Hall–Kier alpha value is -1.52. The summed E-state index contributed by atoms with van der Waals surface area (Å²) in [6, 6.07) is 7.86. The van der Waals surface area contributed by atoms with Gasteiger partial charge in [-0.15, -0.1) is 0 Å². The van der Waals surface area contributed by atoms with Crippen LogP contribution in [0, 0.1) is 0 Å². The van der Waals surface area contributed by atoms with E-state index in [-0.39, 0.29) is 0 Å². The Kier molecular flexibility index (Phi) is 3.71. The van der Waals surface area contributed by atoms with Gasteiger partial charge in [-0.3, -0.25) is 4.68 Å². The maximum atomic E-state index is 6.07. The molecule has 1 unspecified atom stereocenters. The van der Waals surface area contributed by atoms with E-state index in [4.69, 9.17) is 16.3 Å². The molecule has 1 saturated heterocycles. The summed E-state index contributed by atoms with van der Waals surface area (Å²) in [6.07, 6.45) is 6.00. The van der Waals surface area contributed by atoms with Crippen molar-refractivity contribution in [2.45, 2.75) is 18.9 Å². The summed E-state index contributed by atoms with van der Waals surface area (Å²) >= 11 is 6.07. The van der Waals surface area contributed by atoms with Crippen LogP contribution in [0.3, 0.4) is 0 Å². The van der Waals surface area contributed by atoms with E-state index in [9.17, 15) is 0 Å². The van der Waals surface area contributed by atoms with Crippen molar-refractivity contribution >= 4 is 11.6 Å². The van der Waals surface area contributed by atoms with Gasteiger partial charge < -0.3 is 10.1 Å². The molecule has 0 radical (unpaired) electrons. The van der Waals surface area contributed by atoms with E-state index in [0.29, 0.717) is 16.8 Å². The van der Waals surface area contributed by atoms with Crippen LogP contribution in [0.1, 0.15) is 18.9 Å². The van der Waals surface area contributed by atoms with Gasteiger partial charge in [0.1, 0.15) is 5.75 Å². The number of para-hydroxylation sites is 1. The summed E-state index contributed by atoms with van der Waals surface area (Å²) in [6.45, 7) is 2.06. The van der Waals surface area contributed by atoms with Crippen LogP contribution in [0.5, 0.6) is 11.5 Å². The number of nitrogens with one attached hydrogen (secondary N) is 1. The van der Waals surface area contributed by atoms with Gasteiger partial charge in [-0.1, -0.05) is 23.7 Å². The molecule has 4 nitrogen and oxygen atoms in total. The van der Waals surface area contributed by atoms with E-state index in [1.165, 1.54) is 6.42 Å². The van der Waals surface area contributed by atoms with Gasteiger partial charge in [-0.05, 0) is 31.5 Å². The minimum atomic E-state index is 0.414. The van der Waals surface area contributed by atoms with Crippen molar-refractivity contribution in [3.63, 3.8) is 0 Å². The Morgan fingerprint density at radius 2 is 2.26 bits per heavy atom. The zero-order chi connectivity index (χ0) is 13.1. The average Bonchev–Trinajstić information content (AvgIpc) is 2.91. The lowest BCUT2D eigenvalue weighted by molar-refractivity contribution is 0.345. The standard InChI is InChI=1S/C14H16ClN3O/c15-13-5-1-2-6-14(13)19-12-9-17-18(10-12)11-4-3-7-16-8-11/h1-2,5-6,9-11,16H,3-4,7-8H2. The van der Waals surface area contributed by atoms with Crippen molar-refractivity contribution in [3.05, 3.63) is 41.7 Å². The zero-order valence-corrected chi connectivity index (χ0v) is 11.3. The molecule has 19 heavy (non-hydrogen) atoms. The Bertz CT molecular complexity index is 549. The first-order valence-electron chi connectivity index (χ1n) is 6.50. The number of rotatable bonds is 3. The fraction of sp³-hybridized carbons (Fsp3) is 0.357. The Morgan fingerprint density at radius 3 is 3.05 bits per heavy atom. The van der Waals surface area contributed by atoms with Gasteiger partial charge >= 0.3 is 0 Å². The van der Waals surface area contributed by atoms with E-state index in [0.717, 1.165) is 25.3 Å². The topological polar surface area (TPSA) is 39.1 Å². The number of piperidine rings is 1. The molecule has 0 spiro atoms. The van der Waals surface area contributed by atoms with Crippen molar-refractivity contribution in [1.82, 2.24) is 15.1 Å². The van der Waals surface area contributed by atoms with Crippen LogP contribution >= 0.6 is 11.6 Å². The van der Waals surface area contributed by atoms with Crippen molar-refractivity contribution < 1.29 is 4.74 Å². The summed E-state index contributed by atoms with van der Waals surface area (Å²) in [5, 5.41) is 8.36. The molecule has 100 valence electrons. The number of ether oxygens (including phenoxy) is 1. The Morgan fingerprint density at radius 1 is 1.37 bits per heavy atom. The monoisotopic (exact) mass is 277 g/mol. The Labute approximate surface area is 117 Å². The highest BCUT2D eigenvalue weighted by atomic mass is 35.5. The predicted molar refractivity (Wildman–Crippen MR) is 74.9 cm³/mol. The molecule has 1 aliphatic heterocycles. The molecule has 3 rings (SSSR count). The van der Waals surface area contributed by atoms with Gasteiger partial charge in [0.15, 0.2) is 5.75 Å². The lowest BCUT2D eigenvalue weighted by Gasteiger charge is -2.22. The van der Waals surface area contributed by atoms with Gasteiger partial charge in [0, 0.05) is 6.54 Å². The molecule has 1 aliphatic rings. The summed E-state index contributed by atoms with van der Waals surface area (Å²) in [5.41, 5.74) is 0. The maximum absolute atomic E-state index is 6.07. The Balaban J connectivity index is 1.73. The molecule has 1 aromatic carbocycles. The summed E-state index contributed by atoms with van der Waals surface area (Å²) < 4.78 is 7.72. The number of hydrogen-bond donors (Lipinski definition) is 1. The first kappa shape index (κ1) is 12.5. The number of hydrogen-bond acceptors (Lipinski definition) is 3. The second kappa shape index (κ2) is 5.63. The molecule has 5 heteroatoms. The highest BCUT2D eigenvalue weighted by Gasteiger charge is 2.16. The molecule has 2 aromatic rings. The van der Waals surface area contributed by atoms with Crippen LogP contribution in [0.15, 0.2) is 36.7 Å².